The molecule has 4 aromatic rings. The van der Waals surface area contributed by atoms with Crippen LogP contribution in [0.4, 0.5) is 5.69 Å². The van der Waals surface area contributed by atoms with Gasteiger partial charge in [-0.15, -0.1) is 5.10 Å². The number of aryl methyl sites for hydroxylation is 1. The maximum Gasteiger partial charge on any atom is 0.257 e. The highest BCUT2D eigenvalue weighted by molar-refractivity contribution is 6.08. The quantitative estimate of drug-likeness (QED) is 0.605. The van der Waals surface area contributed by atoms with Crippen LogP contribution in [0.2, 0.25) is 0 Å². The van der Waals surface area contributed by atoms with E-state index in [0.717, 1.165) is 29.5 Å². The molecule has 0 radical (unpaired) electrons. The van der Waals surface area contributed by atoms with Crippen LogP contribution in [0.5, 0.6) is 0 Å². The number of benzene rings is 1. The van der Waals surface area contributed by atoms with Crippen molar-refractivity contribution in [1.82, 2.24) is 29.5 Å². The van der Waals surface area contributed by atoms with Crippen LogP contribution in [0.25, 0.3) is 22.2 Å². The minimum absolute atomic E-state index is 0.238. The standard InChI is InChI=1S/C19H19N7O/c1-25-16-8-4-7-14(17(16)23-24-25)22-19(27)12-9-15-18(20-10-12)26(11-21-15)13-5-2-3-6-13/h4,7-11,13H,2-3,5-6H2,1H3,(H,22,27). The zero-order valence-electron chi connectivity index (χ0n) is 15.0. The zero-order valence-corrected chi connectivity index (χ0v) is 15.0. The van der Waals surface area contributed by atoms with Crippen molar-refractivity contribution in [3.63, 3.8) is 0 Å². The molecular weight excluding hydrogens is 342 g/mol. The molecule has 1 aliphatic carbocycles. The Morgan fingerprint density at radius 1 is 1.22 bits per heavy atom. The number of aromatic nitrogens is 6. The molecule has 0 aliphatic heterocycles. The minimum Gasteiger partial charge on any atom is -0.320 e. The highest BCUT2D eigenvalue weighted by Crippen LogP contribution is 2.31. The first kappa shape index (κ1) is 15.9. The van der Waals surface area contributed by atoms with E-state index in [4.69, 9.17) is 0 Å². The van der Waals surface area contributed by atoms with Crippen molar-refractivity contribution in [1.29, 1.82) is 0 Å². The Balaban J connectivity index is 1.45. The summed E-state index contributed by atoms with van der Waals surface area (Å²) in [5.41, 5.74) is 4.20. The van der Waals surface area contributed by atoms with Crippen LogP contribution < -0.4 is 5.32 Å². The van der Waals surface area contributed by atoms with Gasteiger partial charge in [-0.2, -0.15) is 0 Å². The van der Waals surface area contributed by atoms with Gasteiger partial charge in [0.25, 0.3) is 5.91 Å². The van der Waals surface area contributed by atoms with Crippen LogP contribution in [0.1, 0.15) is 42.1 Å². The molecule has 1 aliphatic rings. The zero-order chi connectivity index (χ0) is 18.4. The van der Waals surface area contributed by atoms with Gasteiger partial charge in [-0.05, 0) is 31.0 Å². The molecule has 1 amide bonds. The Hall–Kier alpha value is -3.29. The van der Waals surface area contributed by atoms with Crippen LogP contribution in [0, 0.1) is 0 Å². The smallest absolute Gasteiger partial charge is 0.257 e. The van der Waals surface area contributed by atoms with Crippen molar-refractivity contribution >= 4 is 33.8 Å². The second-order valence-corrected chi connectivity index (χ2v) is 7.00. The lowest BCUT2D eigenvalue weighted by Gasteiger charge is -2.11. The fourth-order valence-corrected chi connectivity index (χ4v) is 3.85. The van der Waals surface area contributed by atoms with E-state index in [9.17, 15) is 4.79 Å². The second kappa shape index (κ2) is 6.15. The van der Waals surface area contributed by atoms with Crippen LogP contribution in [-0.4, -0.2) is 35.4 Å². The summed E-state index contributed by atoms with van der Waals surface area (Å²) < 4.78 is 3.82. The highest BCUT2D eigenvalue weighted by atomic mass is 16.1. The van der Waals surface area contributed by atoms with Crippen molar-refractivity contribution < 1.29 is 4.79 Å². The predicted octanol–water partition coefficient (Wildman–Crippen LogP) is 3.08. The number of hydrogen-bond donors (Lipinski definition) is 1. The molecular formula is C19H19N7O. The molecule has 27 heavy (non-hydrogen) atoms. The number of fused-ring (bicyclic) bond motifs is 2. The van der Waals surface area contributed by atoms with Gasteiger partial charge >= 0.3 is 0 Å². The van der Waals surface area contributed by atoms with Gasteiger partial charge in [-0.1, -0.05) is 24.1 Å². The molecule has 136 valence electrons. The van der Waals surface area contributed by atoms with E-state index >= 15 is 0 Å². The number of imidazole rings is 1. The molecule has 8 heteroatoms. The molecule has 0 bridgehead atoms. The fraction of sp³-hybridized carbons (Fsp3) is 0.316. The van der Waals surface area contributed by atoms with Crippen molar-refractivity contribution in [2.45, 2.75) is 31.7 Å². The first-order valence-electron chi connectivity index (χ1n) is 9.13. The molecule has 0 unspecified atom stereocenters. The van der Waals surface area contributed by atoms with E-state index in [-0.39, 0.29) is 5.91 Å². The summed E-state index contributed by atoms with van der Waals surface area (Å²) in [4.78, 5) is 21.7. The molecule has 0 atom stereocenters. The molecule has 0 spiro atoms. The number of hydrogen-bond acceptors (Lipinski definition) is 5. The monoisotopic (exact) mass is 361 g/mol. The summed E-state index contributed by atoms with van der Waals surface area (Å²) in [6.45, 7) is 0. The number of nitrogens with zero attached hydrogens (tertiary/aromatic N) is 6. The molecule has 3 aromatic heterocycles. The van der Waals surface area contributed by atoms with E-state index in [1.165, 1.54) is 12.8 Å². The predicted molar refractivity (Wildman–Crippen MR) is 101 cm³/mol. The maximum absolute atomic E-state index is 12.7. The van der Waals surface area contributed by atoms with E-state index in [0.29, 0.717) is 22.8 Å². The van der Waals surface area contributed by atoms with Gasteiger partial charge in [-0.25, -0.2) is 14.6 Å². The average molecular weight is 361 g/mol. The summed E-state index contributed by atoms with van der Waals surface area (Å²) in [6.07, 6.45) is 8.28. The molecule has 3 heterocycles. The summed E-state index contributed by atoms with van der Waals surface area (Å²) in [6, 6.07) is 7.85. The molecule has 5 rings (SSSR count). The van der Waals surface area contributed by atoms with Gasteiger partial charge in [0, 0.05) is 19.3 Å². The molecule has 1 fully saturated rings. The Morgan fingerprint density at radius 2 is 2.07 bits per heavy atom. The Labute approximate surface area is 155 Å². The Kier molecular flexibility index (Phi) is 3.63. The van der Waals surface area contributed by atoms with Crippen molar-refractivity contribution in [3.8, 4) is 0 Å². The number of carbonyl (C=O) groups excluding carboxylic acids is 1. The normalized spacial score (nSPS) is 15.0. The summed E-state index contributed by atoms with van der Waals surface area (Å²) in [5.74, 6) is -0.238. The van der Waals surface area contributed by atoms with E-state index < -0.39 is 0 Å². The number of anilines is 1. The van der Waals surface area contributed by atoms with Crippen molar-refractivity contribution in [2.24, 2.45) is 7.05 Å². The number of nitrogens with one attached hydrogen (secondary N) is 1. The number of carbonyl (C=O) groups is 1. The average Bonchev–Trinajstić information content (AvgIpc) is 3.41. The highest BCUT2D eigenvalue weighted by Gasteiger charge is 2.20. The van der Waals surface area contributed by atoms with Gasteiger partial charge in [0.15, 0.2) is 5.65 Å². The first-order chi connectivity index (χ1) is 13.2. The third-order valence-corrected chi connectivity index (χ3v) is 5.28. The second-order valence-electron chi connectivity index (χ2n) is 7.00. The molecule has 1 aromatic carbocycles. The Morgan fingerprint density at radius 3 is 2.93 bits per heavy atom. The number of pyridine rings is 1. The summed E-state index contributed by atoms with van der Waals surface area (Å²) in [7, 11) is 1.82. The maximum atomic E-state index is 12.7. The van der Waals surface area contributed by atoms with E-state index in [2.05, 4.69) is 30.2 Å². The molecule has 0 saturated heterocycles. The largest absolute Gasteiger partial charge is 0.320 e. The Bertz CT molecular complexity index is 1150. The first-order valence-corrected chi connectivity index (χ1v) is 9.13. The molecule has 8 nitrogen and oxygen atoms in total. The third-order valence-electron chi connectivity index (χ3n) is 5.28. The van der Waals surface area contributed by atoms with Crippen LogP contribution in [0.15, 0.2) is 36.8 Å². The summed E-state index contributed by atoms with van der Waals surface area (Å²) in [5, 5.41) is 11.0. The summed E-state index contributed by atoms with van der Waals surface area (Å²) >= 11 is 0. The third kappa shape index (κ3) is 2.64. The van der Waals surface area contributed by atoms with Crippen LogP contribution in [0.3, 0.4) is 0 Å². The molecule has 1 saturated carbocycles. The van der Waals surface area contributed by atoms with Gasteiger partial charge < -0.3 is 9.88 Å². The molecule has 1 N–H and O–H groups in total. The van der Waals surface area contributed by atoms with E-state index in [1.807, 2.05) is 31.6 Å². The topological polar surface area (TPSA) is 90.5 Å². The van der Waals surface area contributed by atoms with Gasteiger partial charge in [-0.3, -0.25) is 4.79 Å². The van der Waals surface area contributed by atoms with Crippen molar-refractivity contribution in [2.75, 3.05) is 5.32 Å². The fourth-order valence-electron chi connectivity index (χ4n) is 3.85. The van der Waals surface area contributed by atoms with Crippen molar-refractivity contribution in [3.05, 3.63) is 42.4 Å². The number of amides is 1. The lowest BCUT2D eigenvalue weighted by atomic mass is 10.2. The lowest BCUT2D eigenvalue weighted by Crippen LogP contribution is -2.13. The van der Waals surface area contributed by atoms with Gasteiger partial charge in [0.05, 0.1) is 23.1 Å². The number of rotatable bonds is 3. The van der Waals surface area contributed by atoms with E-state index in [1.54, 1.807) is 16.9 Å². The SMILES string of the molecule is Cn1nnc2c(NC(=O)c3cnc4c(c3)ncn4C3CCCC3)cccc21. The van der Waals surface area contributed by atoms with Gasteiger partial charge in [0.2, 0.25) is 0 Å². The minimum atomic E-state index is -0.238. The van der Waals surface area contributed by atoms with Crippen LogP contribution >= 0.6 is 0 Å². The van der Waals surface area contributed by atoms with Gasteiger partial charge in [0.1, 0.15) is 11.0 Å². The van der Waals surface area contributed by atoms with Crippen LogP contribution in [-0.2, 0) is 7.05 Å². The lowest BCUT2D eigenvalue weighted by molar-refractivity contribution is 0.102.